The van der Waals surface area contributed by atoms with Crippen molar-refractivity contribution in [3.63, 3.8) is 0 Å². The fraction of sp³-hybridized carbons (Fsp3) is 0.318. The Hall–Kier alpha value is -2.73. The molecule has 0 aliphatic heterocycles. The maximum atomic E-state index is 12.7. The van der Waals surface area contributed by atoms with Crippen LogP contribution < -0.4 is 10.6 Å². The molecule has 2 amide bonds. The van der Waals surface area contributed by atoms with E-state index in [0.29, 0.717) is 12.8 Å². The first-order valence-corrected chi connectivity index (χ1v) is 10.5. The number of fused-ring (bicyclic) bond motifs is 1. The number of carbonyl (C=O) groups excluding carboxylic acids is 2. The van der Waals surface area contributed by atoms with Crippen LogP contribution in [0.5, 0.6) is 0 Å². The molecule has 1 aromatic carbocycles. The van der Waals surface area contributed by atoms with Gasteiger partial charge in [0, 0.05) is 46.4 Å². The molecule has 4 rings (SSSR count). The molecule has 2 heterocycles. The summed E-state index contributed by atoms with van der Waals surface area (Å²) < 4.78 is 1.12. The van der Waals surface area contributed by atoms with Crippen LogP contribution in [0, 0.1) is 0 Å². The molecule has 1 fully saturated rings. The molecule has 0 bridgehead atoms. The first kappa shape index (κ1) is 18.6. The molecule has 1 aliphatic carbocycles. The van der Waals surface area contributed by atoms with Crippen LogP contribution in [-0.2, 0) is 11.2 Å². The Labute approximate surface area is 168 Å². The van der Waals surface area contributed by atoms with E-state index < -0.39 is 0 Å². The van der Waals surface area contributed by atoms with Crippen molar-refractivity contribution in [3.8, 4) is 0 Å². The zero-order valence-electron chi connectivity index (χ0n) is 15.6. The highest BCUT2D eigenvalue weighted by Gasteiger charge is 2.27. The van der Waals surface area contributed by atoms with Crippen LogP contribution in [0.3, 0.4) is 0 Å². The quantitative estimate of drug-likeness (QED) is 0.671. The molecule has 2 N–H and O–H groups in total. The first-order valence-electron chi connectivity index (χ1n) is 9.64. The molecular formula is C22H23N3O2S. The number of aromatic nitrogens is 1. The maximum absolute atomic E-state index is 12.7. The van der Waals surface area contributed by atoms with E-state index in [1.165, 1.54) is 0 Å². The Kier molecular flexibility index (Phi) is 5.67. The topological polar surface area (TPSA) is 71.1 Å². The predicted octanol–water partition coefficient (Wildman–Crippen LogP) is 3.70. The van der Waals surface area contributed by atoms with Crippen molar-refractivity contribution in [2.24, 2.45) is 0 Å². The lowest BCUT2D eigenvalue weighted by Crippen LogP contribution is -2.37. The Morgan fingerprint density at radius 2 is 1.89 bits per heavy atom. The average Bonchev–Trinajstić information content (AvgIpc) is 3.34. The van der Waals surface area contributed by atoms with E-state index in [9.17, 15) is 9.59 Å². The smallest absolute Gasteiger partial charge is 0.252 e. The summed E-state index contributed by atoms with van der Waals surface area (Å²) in [5.41, 5.74) is 1.81. The molecule has 2 unspecified atom stereocenters. The van der Waals surface area contributed by atoms with Crippen molar-refractivity contribution < 1.29 is 9.59 Å². The Balaban J connectivity index is 1.26. The van der Waals surface area contributed by atoms with Crippen LogP contribution in [0.15, 0.2) is 54.2 Å². The van der Waals surface area contributed by atoms with Gasteiger partial charge in [-0.1, -0.05) is 24.3 Å². The second kappa shape index (κ2) is 8.52. The molecule has 2 aromatic heterocycles. The summed E-state index contributed by atoms with van der Waals surface area (Å²) in [5.74, 6) is 0.0377. The third kappa shape index (κ3) is 4.39. The minimum atomic E-state index is -0.0222. The van der Waals surface area contributed by atoms with Gasteiger partial charge in [-0.05, 0) is 43.4 Å². The van der Waals surface area contributed by atoms with Gasteiger partial charge < -0.3 is 10.6 Å². The zero-order valence-corrected chi connectivity index (χ0v) is 16.4. The van der Waals surface area contributed by atoms with Gasteiger partial charge in [0.25, 0.3) is 5.91 Å². The summed E-state index contributed by atoms with van der Waals surface area (Å²) in [7, 11) is 0. The van der Waals surface area contributed by atoms with Crippen LogP contribution in [0.2, 0.25) is 0 Å². The number of hydrogen-bond donors (Lipinski definition) is 2. The van der Waals surface area contributed by atoms with E-state index in [2.05, 4.69) is 15.6 Å². The van der Waals surface area contributed by atoms with Gasteiger partial charge in [-0.25, -0.2) is 0 Å². The molecule has 5 nitrogen and oxygen atoms in total. The number of rotatable bonds is 6. The molecule has 1 aliphatic rings. The number of pyridine rings is 1. The number of nitrogens with zero attached hydrogens (tertiary/aromatic N) is 1. The molecular weight excluding hydrogens is 370 g/mol. The van der Waals surface area contributed by atoms with Crippen LogP contribution in [0.4, 0.5) is 0 Å². The highest BCUT2D eigenvalue weighted by molar-refractivity contribution is 7.17. The summed E-state index contributed by atoms with van der Waals surface area (Å²) in [4.78, 5) is 29.0. The Bertz CT molecular complexity index is 970. The van der Waals surface area contributed by atoms with Gasteiger partial charge in [0.2, 0.25) is 5.91 Å². The summed E-state index contributed by atoms with van der Waals surface area (Å²) >= 11 is 1.59. The number of thiophene rings is 1. The summed E-state index contributed by atoms with van der Waals surface area (Å²) in [5, 5.41) is 9.18. The zero-order chi connectivity index (χ0) is 19.3. The first-order chi connectivity index (χ1) is 13.7. The van der Waals surface area contributed by atoms with Crippen LogP contribution >= 0.6 is 11.3 Å². The van der Waals surface area contributed by atoms with Crippen LogP contribution in [0.25, 0.3) is 10.1 Å². The van der Waals surface area contributed by atoms with E-state index in [4.69, 9.17) is 0 Å². The standard InChI is InChI=1S/C22H23N3O2S/c26-21(10-7-15-4-3-11-23-13-15)24-16-8-9-17(12-16)25-22(27)19-14-28-20-6-2-1-5-18(19)20/h1-6,11,13-14,16-17H,7-10,12H2,(H,24,26)(H,25,27). The third-order valence-electron chi connectivity index (χ3n) is 5.22. The number of nitrogens with one attached hydrogen (secondary N) is 2. The molecule has 28 heavy (non-hydrogen) atoms. The highest BCUT2D eigenvalue weighted by atomic mass is 32.1. The number of benzene rings is 1. The number of hydrogen-bond acceptors (Lipinski definition) is 4. The van der Waals surface area contributed by atoms with Crippen molar-refractivity contribution in [2.75, 3.05) is 0 Å². The second-order valence-corrected chi connectivity index (χ2v) is 8.17. The largest absolute Gasteiger partial charge is 0.353 e. The summed E-state index contributed by atoms with van der Waals surface area (Å²) in [6.07, 6.45) is 7.25. The number of amides is 2. The molecule has 6 heteroatoms. The van der Waals surface area contributed by atoms with Gasteiger partial charge in [0.15, 0.2) is 0 Å². The predicted molar refractivity (Wildman–Crippen MR) is 111 cm³/mol. The second-order valence-electron chi connectivity index (χ2n) is 7.25. The van der Waals surface area contributed by atoms with Crippen molar-refractivity contribution in [1.29, 1.82) is 0 Å². The van der Waals surface area contributed by atoms with Gasteiger partial charge in [0.1, 0.15) is 0 Å². The third-order valence-corrected chi connectivity index (χ3v) is 6.19. The van der Waals surface area contributed by atoms with Gasteiger partial charge in [-0.2, -0.15) is 0 Å². The fourth-order valence-electron chi connectivity index (χ4n) is 3.76. The summed E-state index contributed by atoms with van der Waals surface area (Å²) in [6, 6.07) is 12.1. The fourth-order valence-corrected chi connectivity index (χ4v) is 4.71. The van der Waals surface area contributed by atoms with Crippen molar-refractivity contribution >= 4 is 33.2 Å². The van der Waals surface area contributed by atoms with Gasteiger partial charge in [-0.15, -0.1) is 11.3 Å². The van der Waals surface area contributed by atoms with Gasteiger partial charge >= 0.3 is 0 Å². The summed E-state index contributed by atoms with van der Waals surface area (Å²) in [6.45, 7) is 0. The molecule has 144 valence electrons. The molecule has 2 atom stereocenters. The Morgan fingerprint density at radius 3 is 2.71 bits per heavy atom. The normalized spacial score (nSPS) is 18.9. The van der Waals surface area contributed by atoms with Crippen LogP contribution in [0.1, 0.15) is 41.6 Å². The lowest BCUT2D eigenvalue weighted by molar-refractivity contribution is -0.121. The minimum Gasteiger partial charge on any atom is -0.353 e. The highest BCUT2D eigenvalue weighted by Crippen LogP contribution is 2.26. The van der Waals surface area contributed by atoms with E-state index in [-0.39, 0.29) is 23.9 Å². The van der Waals surface area contributed by atoms with E-state index in [1.54, 1.807) is 23.7 Å². The number of carbonyl (C=O) groups is 2. The SMILES string of the molecule is O=C(CCc1cccnc1)NC1CCC(NC(=O)c2csc3ccccc23)C1. The molecule has 1 saturated carbocycles. The molecule has 0 spiro atoms. The van der Waals surface area contributed by atoms with Crippen molar-refractivity contribution in [1.82, 2.24) is 15.6 Å². The Morgan fingerprint density at radius 1 is 1.07 bits per heavy atom. The van der Waals surface area contributed by atoms with E-state index in [1.807, 2.05) is 41.8 Å². The number of aryl methyl sites for hydroxylation is 1. The molecule has 3 aromatic rings. The van der Waals surface area contributed by atoms with Gasteiger partial charge in [0.05, 0.1) is 5.56 Å². The lowest BCUT2D eigenvalue weighted by atomic mass is 10.1. The van der Waals surface area contributed by atoms with Crippen molar-refractivity contribution in [3.05, 3.63) is 65.3 Å². The molecule has 0 radical (unpaired) electrons. The van der Waals surface area contributed by atoms with Crippen LogP contribution in [-0.4, -0.2) is 28.9 Å². The van der Waals surface area contributed by atoms with Gasteiger partial charge in [-0.3, -0.25) is 14.6 Å². The van der Waals surface area contributed by atoms with E-state index >= 15 is 0 Å². The minimum absolute atomic E-state index is 0.0222. The monoisotopic (exact) mass is 393 g/mol. The lowest BCUT2D eigenvalue weighted by Gasteiger charge is -2.15. The molecule has 0 saturated heterocycles. The maximum Gasteiger partial charge on any atom is 0.252 e. The average molecular weight is 394 g/mol. The van der Waals surface area contributed by atoms with E-state index in [0.717, 1.165) is 40.5 Å². The van der Waals surface area contributed by atoms with Crippen molar-refractivity contribution in [2.45, 2.75) is 44.2 Å².